The van der Waals surface area contributed by atoms with E-state index in [1.54, 1.807) is 18.4 Å². The van der Waals surface area contributed by atoms with Crippen molar-refractivity contribution < 1.29 is 9.13 Å². The summed E-state index contributed by atoms with van der Waals surface area (Å²) in [7, 11) is 3.79. The summed E-state index contributed by atoms with van der Waals surface area (Å²) < 4.78 is 18.9. The fourth-order valence-electron chi connectivity index (χ4n) is 3.40. The molecule has 0 bridgehead atoms. The Morgan fingerprint density at radius 2 is 2.03 bits per heavy atom. The van der Waals surface area contributed by atoms with E-state index < -0.39 is 0 Å². The second kappa shape index (κ2) is 11.8. The van der Waals surface area contributed by atoms with E-state index in [0.29, 0.717) is 13.1 Å². The number of halogens is 2. The molecule has 0 radical (unpaired) electrons. The van der Waals surface area contributed by atoms with Gasteiger partial charge in [0.2, 0.25) is 0 Å². The summed E-state index contributed by atoms with van der Waals surface area (Å²) in [4.78, 5) is 13.4. The molecule has 1 aliphatic heterocycles. The van der Waals surface area contributed by atoms with E-state index in [1.807, 2.05) is 26.1 Å². The van der Waals surface area contributed by atoms with E-state index in [4.69, 9.17) is 4.74 Å². The Balaban J connectivity index is 0.00000300. The molecule has 1 N–H and O–H groups in total. The maximum atomic E-state index is 13.4. The van der Waals surface area contributed by atoms with E-state index in [1.165, 1.54) is 12.1 Å². The normalized spacial score (nSPS) is 16.2. The Morgan fingerprint density at radius 3 is 2.62 bits per heavy atom. The standard InChI is InChI=1S/C20H28FN5OS.HI/c1-15-24-18(14-28-15)13-25(3)20(22-2)23-12-19(26-8-10-27-11-9-26)16-4-6-17(21)7-5-16;/h4-7,14,19H,8-13H2,1-3H3,(H,22,23);1H. The van der Waals surface area contributed by atoms with Gasteiger partial charge in [0.15, 0.2) is 5.96 Å². The van der Waals surface area contributed by atoms with Crippen LogP contribution in [0.4, 0.5) is 4.39 Å². The molecule has 1 aromatic heterocycles. The Morgan fingerprint density at radius 1 is 1.34 bits per heavy atom. The number of thiazole rings is 1. The van der Waals surface area contributed by atoms with Crippen LogP contribution < -0.4 is 5.32 Å². The lowest BCUT2D eigenvalue weighted by Crippen LogP contribution is -2.46. The quantitative estimate of drug-likeness (QED) is 0.351. The van der Waals surface area contributed by atoms with Crippen LogP contribution >= 0.6 is 35.3 Å². The molecule has 0 amide bonds. The minimum atomic E-state index is -0.216. The number of aryl methyl sites for hydroxylation is 1. The Kier molecular flexibility index (Phi) is 9.73. The molecule has 3 rings (SSSR count). The molecule has 160 valence electrons. The number of morpholine rings is 1. The Labute approximate surface area is 193 Å². The second-order valence-corrected chi connectivity index (χ2v) is 7.92. The van der Waals surface area contributed by atoms with Crippen LogP contribution in [-0.4, -0.2) is 67.7 Å². The predicted molar refractivity (Wildman–Crippen MR) is 127 cm³/mol. The zero-order valence-corrected chi connectivity index (χ0v) is 20.2. The largest absolute Gasteiger partial charge is 0.379 e. The van der Waals surface area contributed by atoms with Gasteiger partial charge in [0.05, 0.1) is 36.5 Å². The third-order valence-electron chi connectivity index (χ3n) is 4.83. The number of rotatable bonds is 6. The highest BCUT2D eigenvalue weighted by Gasteiger charge is 2.23. The number of nitrogens with one attached hydrogen (secondary N) is 1. The molecule has 1 unspecified atom stereocenters. The first-order chi connectivity index (χ1) is 13.6. The molecule has 2 aromatic rings. The second-order valence-electron chi connectivity index (χ2n) is 6.86. The summed E-state index contributed by atoms with van der Waals surface area (Å²) in [6.07, 6.45) is 0. The summed E-state index contributed by atoms with van der Waals surface area (Å²) in [6.45, 7) is 6.54. The average Bonchev–Trinajstić information content (AvgIpc) is 3.11. The van der Waals surface area contributed by atoms with Crippen LogP contribution in [0.2, 0.25) is 0 Å². The maximum Gasteiger partial charge on any atom is 0.193 e. The number of guanidine groups is 1. The molecule has 1 fully saturated rings. The van der Waals surface area contributed by atoms with E-state index >= 15 is 0 Å². The third-order valence-corrected chi connectivity index (χ3v) is 5.66. The number of aromatic nitrogens is 1. The Hall–Kier alpha value is -1.30. The molecule has 9 heteroatoms. The van der Waals surface area contributed by atoms with Crippen molar-refractivity contribution in [3.63, 3.8) is 0 Å². The number of hydrogen-bond acceptors (Lipinski definition) is 5. The number of nitrogens with zero attached hydrogens (tertiary/aromatic N) is 4. The molecule has 2 heterocycles. The summed E-state index contributed by atoms with van der Waals surface area (Å²) in [6, 6.07) is 6.89. The van der Waals surface area contributed by atoms with Crippen LogP contribution in [-0.2, 0) is 11.3 Å². The van der Waals surface area contributed by atoms with Gasteiger partial charge in [-0.1, -0.05) is 12.1 Å². The number of benzene rings is 1. The van der Waals surface area contributed by atoms with Crippen LogP contribution in [0, 0.1) is 12.7 Å². The van der Waals surface area contributed by atoms with Gasteiger partial charge < -0.3 is 15.0 Å². The molecule has 6 nitrogen and oxygen atoms in total. The van der Waals surface area contributed by atoms with Crippen molar-refractivity contribution in [1.29, 1.82) is 0 Å². The van der Waals surface area contributed by atoms with E-state index in [9.17, 15) is 4.39 Å². The van der Waals surface area contributed by atoms with Gasteiger partial charge in [-0.2, -0.15) is 0 Å². The molecule has 1 aromatic carbocycles. The lowest BCUT2D eigenvalue weighted by molar-refractivity contribution is 0.0169. The predicted octanol–water partition coefficient (Wildman–Crippen LogP) is 3.29. The molecular formula is C20H29FIN5OS. The molecule has 0 saturated carbocycles. The molecule has 1 atom stereocenters. The van der Waals surface area contributed by atoms with Crippen LogP contribution in [0.5, 0.6) is 0 Å². The molecule has 1 aliphatic rings. The van der Waals surface area contributed by atoms with E-state index in [0.717, 1.165) is 48.5 Å². The minimum absolute atomic E-state index is 0. The van der Waals surface area contributed by atoms with Gasteiger partial charge in [-0.05, 0) is 24.6 Å². The zero-order chi connectivity index (χ0) is 19.9. The van der Waals surface area contributed by atoms with Crippen LogP contribution in [0.25, 0.3) is 0 Å². The minimum Gasteiger partial charge on any atom is -0.379 e. The monoisotopic (exact) mass is 533 g/mol. The SMILES string of the molecule is CN=C(NCC(c1ccc(F)cc1)N1CCOCC1)N(C)Cc1csc(C)n1.I. The van der Waals surface area contributed by atoms with Crippen LogP contribution in [0.15, 0.2) is 34.6 Å². The van der Waals surface area contributed by atoms with Crippen molar-refractivity contribution in [1.82, 2.24) is 20.1 Å². The summed E-state index contributed by atoms with van der Waals surface area (Å²) in [5, 5.41) is 6.62. The number of aliphatic imine (C=N–C) groups is 1. The highest BCUT2D eigenvalue weighted by atomic mass is 127. The van der Waals surface area contributed by atoms with Gasteiger partial charge in [0.1, 0.15) is 5.82 Å². The van der Waals surface area contributed by atoms with E-state index in [2.05, 4.69) is 30.5 Å². The zero-order valence-electron chi connectivity index (χ0n) is 17.1. The lowest BCUT2D eigenvalue weighted by Gasteiger charge is -2.35. The fourth-order valence-corrected chi connectivity index (χ4v) is 4.01. The van der Waals surface area contributed by atoms with Crippen molar-refractivity contribution in [3.8, 4) is 0 Å². The first kappa shape index (κ1) is 24.0. The van der Waals surface area contributed by atoms with Crippen molar-refractivity contribution in [2.24, 2.45) is 4.99 Å². The highest BCUT2D eigenvalue weighted by molar-refractivity contribution is 14.0. The fraction of sp³-hybridized carbons (Fsp3) is 0.500. The van der Waals surface area contributed by atoms with Gasteiger partial charge >= 0.3 is 0 Å². The summed E-state index contributed by atoms with van der Waals surface area (Å²) >= 11 is 1.65. The highest BCUT2D eigenvalue weighted by Crippen LogP contribution is 2.22. The van der Waals surface area contributed by atoms with E-state index in [-0.39, 0.29) is 35.8 Å². The van der Waals surface area contributed by atoms with Crippen LogP contribution in [0.3, 0.4) is 0 Å². The first-order valence-electron chi connectivity index (χ1n) is 9.47. The van der Waals surface area contributed by atoms with Gasteiger partial charge in [-0.15, -0.1) is 35.3 Å². The molecule has 0 spiro atoms. The number of hydrogen-bond donors (Lipinski definition) is 1. The summed E-state index contributed by atoms with van der Waals surface area (Å²) in [5.74, 6) is 0.595. The van der Waals surface area contributed by atoms with Crippen molar-refractivity contribution in [3.05, 3.63) is 51.7 Å². The number of ether oxygens (including phenoxy) is 1. The summed E-state index contributed by atoms with van der Waals surface area (Å²) in [5.41, 5.74) is 2.13. The smallest absolute Gasteiger partial charge is 0.193 e. The topological polar surface area (TPSA) is 53.0 Å². The average molecular weight is 533 g/mol. The molecule has 1 saturated heterocycles. The molecule has 29 heavy (non-hydrogen) atoms. The van der Waals surface area contributed by atoms with Gasteiger partial charge in [0, 0.05) is 39.1 Å². The van der Waals surface area contributed by atoms with Gasteiger partial charge in [-0.25, -0.2) is 9.37 Å². The van der Waals surface area contributed by atoms with Crippen LogP contribution in [0.1, 0.15) is 22.3 Å². The lowest BCUT2D eigenvalue weighted by atomic mass is 10.0. The van der Waals surface area contributed by atoms with Crippen molar-refractivity contribution in [2.75, 3.05) is 46.9 Å². The first-order valence-corrected chi connectivity index (χ1v) is 10.3. The third kappa shape index (κ3) is 6.87. The van der Waals surface area contributed by atoms with Crippen molar-refractivity contribution >= 4 is 41.3 Å². The van der Waals surface area contributed by atoms with Gasteiger partial charge in [-0.3, -0.25) is 9.89 Å². The maximum absolute atomic E-state index is 13.4. The molecular weight excluding hydrogens is 504 g/mol. The van der Waals surface area contributed by atoms with Crippen molar-refractivity contribution in [2.45, 2.75) is 19.5 Å². The van der Waals surface area contributed by atoms with Gasteiger partial charge in [0.25, 0.3) is 0 Å². The molecule has 0 aliphatic carbocycles. The Bertz CT molecular complexity index is 779.